The van der Waals surface area contributed by atoms with Crippen LogP contribution in [-0.2, 0) is 28.5 Å². The first kappa shape index (κ1) is 16.9. The van der Waals surface area contributed by atoms with Crippen molar-refractivity contribution in [2.45, 2.75) is 70.0 Å². The summed E-state index contributed by atoms with van der Waals surface area (Å²) in [6.45, 7) is 7.17. The zero-order chi connectivity index (χ0) is 17.8. The van der Waals surface area contributed by atoms with Gasteiger partial charge in [-0.3, -0.25) is 0 Å². The fourth-order valence-electron chi connectivity index (χ4n) is 3.46. The lowest BCUT2D eigenvalue weighted by Gasteiger charge is -2.35. The SMILES string of the molecule is CC1(C)O[C@@H]2O[C@H](C(=O)Oc3ccccc3)[C@@H]3OC(C)(C)O[C@H]3[C@@H]2O1. The molecular weight excluding hydrogens is 328 g/mol. The third-order valence-corrected chi connectivity index (χ3v) is 4.35. The Balaban J connectivity index is 1.58. The fraction of sp³-hybridized carbons (Fsp3) is 0.611. The third-order valence-electron chi connectivity index (χ3n) is 4.35. The number of benzene rings is 1. The van der Waals surface area contributed by atoms with Crippen molar-refractivity contribution in [3.05, 3.63) is 30.3 Å². The van der Waals surface area contributed by atoms with E-state index in [-0.39, 0.29) is 0 Å². The summed E-state index contributed by atoms with van der Waals surface area (Å²) < 4.78 is 34.9. The summed E-state index contributed by atoms with van der Waals surface area (Å²) in [5.74, 6) is -1.78. The summed E-state index contributed by atoms with van der Waals surface area (Å²) >= 11 is 0. The normalized spacial score (nSPS) is 38.0. The molecule has 3 heterocycles. The Bertz CT molecular complexity index is 657. The molecule has 25 heavy (non-hydrogen) atoms. The molecule has 1 aromatic carbocycles. The fourth-order valence-corrected chi connectivity index (χ4v) is 3.46. The first-order valence-corrected chi connectivity index (χ1v) is 8.38. The second-order valence-corrected chi connectivity index (χ2v) is 7.32. The first-order chi connectivity index (χ1) is 11.7. The molecule has 0 bridgehead atoms. The van der Waals surface area contributed by atoms with Crippen LogP contribution in [0.3, 0.4) is 0 Å². The van der Waals surface area contributed by atoms with Crippen LogP contribution < -0.4 is 4.74 Å². The average Bonchev–Trinajstić information content (AvgIpc) is 3.01. The van der Waals surface area contributed by atoms with Crippen molar-refractivity contribution in [3.8, 4) is 5.75 Å². The molecule has 0 saturated carbocycles. The highest BCUT2D eigenvalue weighted by Crippen LogP contribution is 2.44. The van der Waals surface area contributed by atoms with Crippen molar-refractivity contribution in [2.24, 2.45) is 0 Å². The highest BCUT2D eigenvalue weighted by atomic mass is 16.9. The van der Waals surface area contributed by atoms with Crippen LogP contribution >= 0.6 is 0 Å². The predicted octanol–water partition coefficient (Wildman–Crippen LogP) is 1.99. The van der Waals surface area contributed by atoms with E-state index in [4.69, 9.17) is 28.4 Å². The lowest BCUT2D eigenvalue weighted by atomic mass is 9.99. The molecule has 0 aromatic heterocycles. The molecule has 1 aromatic rings. The molecule has 136 valence electrons. The molecule has 0 aliphatic carbocycles. The van der Waals surface area contributed by atoms with Crippen LogP contribution in [-0.4, -0.2) is 48.2 Å². The van der Waals surface area contributed by atoms with Crippen LogP contribution in [0.25, 0.3) is 0 Å². The van der Waals surface area contributed by atoms with Crippen molar-refractivity contribution in [1.29, 1.82) is 0 Å². The van der Waals surface area contributed by atoms with Crippen LogP contribution in [0.5, 0.6) is 5.75 Å². The highest BCUT2D eigenvalue weighted by Gasteiger charge is 2.62. The van der Waals surface area contributed by atoms with Gasteiger partial charge in [-0.25, -0.2) is 4.79 Å². The van der Waals surface area contributed by atoms with Gasteiger partial charge in [0.2, 0.25) is 0 Å². The van der Waals surface area contributed by atoms with Gasteiger partial charge in [0.05, 0.1) is 0 Å². The second kappa shape index (κ2) is 5.75. The Morgan fingerprint density at radius 3 is 2.20 bits per heavy atom. The standard InChI is InChI=1S/C18H22O7/c1-17(2)22-11-12(23-17)14-16(25-18(3,4)24-14)21-13(11)15(19)20-10-8-6-5-7-9-10/h5-9,11-14,16H,1-4H3/t11-,12-,13+,14+,16+/m1/s1. The molecule has 7 nitrogen and oxygen atoms in total. The van der Waals surface area contributed by atoms with Gasteiger partial charge >= 0.3 is 5.97 Å². The van der Waals surface area contributed by atoms with Crippen molar-refractivity contribution in [1.82, 2.24) is 0 Å². The highest BCUT2D eigenvalue weighted by molar-refractivity contribution is 5.78. The Morgan fingerprint density at radius 2 is 1.48 bits per heavy atom. The van der Waals surface area contributed by atoms with Crippen molar-refractivity contribution >= 4 is 5.97 Å². The molecule has 3 aliphatic heterocycles. The van der Waals surface area contributed by atoms with E-state index in [0.29, 0.717) is 5.75 Å². The van der Waals surface area contributed by atoms with E-state index in [2.05, 4.69) is 0 Å². The van der Waals surface area contributed by atoms with Crippen molar-refractivity contribution < 1.29 is 33.2 Å². The van der Waals surface area contributed by atoms with Gasteiger partial charge in [0, 0.05) is 0 Å². The van der Waals surface area contributed by atoms with Crippen LogP contribution in [0, 0.1) is 0 Å². The molecule has 5 atom stereocenters. The zero-order valence-electron chi connectivity index (χ0n) is 14.6. The van der Waals surface area contributed by atoms with Crippen molar-refractivity contribution in [3.63, 3.8) is 0 Å². The van der Waals surface area contributed by atoms with E-state index in [1.165, 1.54) is 0 Å². The smallest absolute Gasteiger partial charge is 0.343 e. The van der Waals surface area contributed by atoms with E-state index in [1.807, 2.05) is 6.07 Å². The van der Waals surface area contributed by atoms with Crippen LogP contribution in [0.2, 0.25) is 0 Å². The maximum atomic E-state index is 12.7. The Labute approximate surface area is 146 Å². The van der Waals surface area contributed by atoms with Crippen LogP contribution in [0.1, 0.15) is 27.7 Å². The lowest BCUT2D eigenvalue weighted by Crippen LogP contribution is -2.58. The minimum absolute atomic E-state index is 0.442. The number of rotatable bonds is 2. The number of carbonyl (C=O) groups is 1. The molecule has 0 N–H and O–H groups in total. The van der Waals surface area contributed by atoms with Crippen LogP contribution in [0.15, 0.2) is 30.3 Å². The minimum atomic E-state index is -0.967. The zero-order valence-corrected chi connectivity index (χ0v) is 14.6. The van der Waals surface area contributed by atoms with E-state index < -0.39 is 48.2 Å². The van der Waals surface area contributed by atoms with Gasteiger partial charge in [-0.1, -0.05) is 18.2 Å². The van der Waals surface area contributed by atoms with Gasteiger partial charge in [-0.15, -0.1) is 0 Å². The minimum Gasteiger partial charge on any atom is -0.425 e. The molecule has 0 spiro atoms. The lowest BCUT2D eigenvalue weighted by molar-refractivity contribution is -0.236. The summed E-state index contributed by atoms with van der Waals surface area (Å²) in [7, 11) is 0. The van der Waals surface area contributed by atoms with Gasteiger partial charge in [0.25, 0.3) is 0 Å². The Hall–Kier alpha value is -1.51. The van der Waals surface area contributed by atoms with Crippen LogP contribution in [0.4, 0.5) is 0 Å². The summed E-state index contributed by atoms with van der Waals surface area (Å²) in [6.07, 6.45) is -3.27. The molecular formula is C18H22O7. The summed E-state index contributed by atoms with van der Waals surface area (Å²) in [6, 6.07) is 8.83. The topological polar surface area (TPSA) is 72.5 Å². The summed E-state index contributed by atoms with van der Waals surface area (Å²) in [5, 5.41) is 0. The molecule has 3 aliphatic rings. The molecule has 3 fully saturated rings. The maximum absolute atomic E-state index is 12.7. The number of fused-ring (bicyclic) bond motifs is 3. The van der Waals surface area contributed by atoms with E-state index in [0.717, 1.165) is 0 Å². The van der Waals surface area contributed by atoms with E-state index in [1.54, 1.807) is 52.0 Å². The number of esters is 1. The number of hydrogen-bond acceptors (Lipinski definition) is 7. The molecule has 4 rings (SSSR count). The third kappa shape index (κ3) is 3.18. The Morgan fingerprint density at radius 1 is 0.880 bits per heavy atom. The monoisotopic (exact) mass is 350 g/mol. The van der Waals surface area contributed by atoms with Gasteiger partial charge in [-0.05, 0) is 39.8 Å². The number of carbonyl (C=O) groups excluding carboxylic acids is 1. The van der Waals surface area contributed by atoms with Gasteiger partial charge in [-0.2, -0.15) is 0 Å². The first-order valence-electron chi connectivity index (χ1n) is 8.38. The maximum Gasteiger partial charge on any atom is 0.343 e. The molecule has 0 radical (unpaired) electrons. The molecule has 0 unspecified atom stereocenters. The number of hydrogen-bond donors (Lipinski definition) is 0. The van der Waals surface area contributed by atoms with Crippen molar-refractivity contribution in [2.75, 3.05) is 0 Å². The molecule has 3 saturated heterocycles. The summed E-state index contributed by atoms with van der Waals surface area (Å²) in [4.78, 5) is 12.7. The van der Waals surface area contributed by atoms with E-state index in [9.17, 15) is 4.79 Å². The second-order valence-electron chi connectivity index (χ2n) is 7.32. The number of ether oxygens (including phenoxy) is 6. The van der Waals surface area contributed by atoms with Gasteiger partial charge in [0.15, 0.2) is 24.0 Å². The van der Waals surface area contributed by atoms with Gasteiger partial charge < -0.3 is 28.4 Å². The van der Waals surface area contributed by atoms with Gasteiger partial charge in [0.1, 0.15) is 24.1 Å². The average molecular weight is 350 g/mol. The largest absolute Gasteiger partial charge is 0.425 e. The molecule has 7 heteroatoms. The molecule has 0 amide bonds. The number of para-hydroxylation sites is 1. The predicted molar refractivity (Wildman–Crippen MR) is 84.6 cm³/mol. The quantitative estimate of drug-likeness (QED) is 0.596. The summed E-state index contributed by atoms with van der Waals surface area (Å²) in [5.41, 5.74) is 0. The Kier molecular flexibility index (Phi) is 3.90. The van der Waals surface area contributed by atoms with E-state index >= 15 is 0 Å².